The minimum atomic E-state index is -0.759. The normalized spacial score (nSPS) is 15.6. The lowest BCUT2D eigenvalue weighted by Gasteiger charge is -2.34. The fraction of sp³-hybridized carbons (Fsp3) is 0.353. The predicted molar refractivity (Wildman–Crippen MR) is 166 cm³/mol. The number of aryl methyl sites for hydroxylation is 1. The number of urea groups is 1. The fourth-order valence-corrected chi connectivity index (χ4v) is 5.91. The summed E-state index contributed by atoms with van der Waals surface area (Å²) in [7, 11) is 4.05. The van der Waals surface area contributed by atoms with Crippen LogP contribution in [0, 0.1) is 6.92 Å². The SMILES string of the molecule is Cc1ccc(CN(C)C)cc1NC(=O)[C@H](NC(=O)N1CCC(c2ccccc2)CC1)[C@@H](C)c1c[nH]c2ccccc12. The quantitative estimate of drug-likeness (QED) is 0.243. The number of nitrogens with zero attached hydrogens (tertiary/aromatic N) is 2. The summed E-state index contributed by atoms with van der Waals surface area (Å²) < 4.78 is 0. The highest BCUT2D eigenvalue weighted by molar-refractivity contribution is 5.99. The summed E-state index contributed by atoms with van der Waals surface area (Å²) in [6.07, 6.45) is 3.77. The molecule has 1 saturated heterocycles. The smallest absolute Gasteiger partial charge is 0.318 e. The minimum absolute atomic E-state index is 0.193. The summed E-state index contributed by atoms with van der Waals surface area (Å²) in [5.74, 6) is -0.0375. The maximum atomic E-state index is 14.0. The van der Waals surface area contributed by atoms with Crippen molar-refractivity contribution in [3.8, 4) is 0 Å². The highest BCUT2D eigenvalue weighted by Gasteiger charge is 2.32. The van der Waals surface area contributed by atoms with Gasteiger partial charge < -0.3 is 25.4 Å². The molecule has 41 heavy (non-hydrogen) atoms. The maximum Gasteiger partial charge on any atom is 0.318 e. The molecule has 7 nitrogen and oxygen atoms in total. The highest BCUT2D eigenvalue weighted by atomic mass is 16.2. The Labute approximate surface area is 242 Å². The Kier molecular flexibility index (Phi) is 8.74. The molecule has 4 aromatic rings. The molecule has 0 spiro atoms. The number of fused-ring (bicyclic) bond motifs is 1. The van der Waals surface area contributed by atoms with E-state index in [2.05, 4.69) is 56.9 Å². The van der Waals surface area contributed by atoms with E-state index >= 15 is 0 Å². The van der Waals surface area contributed by atoms with Gasteiger partial charge in [-0.2, -0.15) is 0 Å². The molecule has 2 heterocycles. The maximum absolute atomic E-state index is 14.0. The van der Waals surface area contributed by atoms with Crippen molar-refractivity contribution in [1.29, 1.82) is 0 Å². The standard InChI is InChI=1S/C34H41N5O2/c1-23-14-15-25(22-38(3)4)20-31(23)36-33(40)32(24(2)29-21-35-30-13-9-8-12-28(29)30)37-34(41)39-18-16-27(17-19-39)26-10-6-5-7-11-26/h5-15,20-21,24,27,32,35H,16-19,22H2,1-4H3,(H,36,40)(H,37,41)/t24-,32+/m0/s1. The fourth-order valence-electron chi connectivity index (χ4n) is 5.91. The van der Waals surface area contributed by atoms with E-state index in [1.807, 2.05) is 75.4 Å². The van der Waals surface area contributed by atoms with E-state index in [0.29, 0.717) is 19.0 Å². The van der Waals surface area contributed by atoms with Crippen LogP contribution in [0.3, 0.4) is 0 Å². The number of H-pyrrole nitrogens is 1. The summed E-state index contributed by atoms with van der Waals surface area (Å²) in [6, 6.07) is 23.8. The predicted octanol–water partition coefficient (Wildman–Crippen LogP) is 6.24. The van der Waals surface area contributed by atoms with Crippen molar-refractivity contribution in [2.75, 3.05) is 32.5 Å². The second-order valence-electron chi connectivity index (χ2n) is 11.6. The van der Waals surface area contributed by atoms with Crippen LogP contribution < -0.4 is 10.6 Å². The number of rotatable bonds is 8. The van der Waals surface area contributed by atoms with Gasteiger partial charge in [-0.1, -0.05) is 67.6 Å². The van der Waals surface area contributed by atoms with Gasteiger partial charge in [0.05, 0.1) is 0 Å². The number of hydrogen-bond acceptors (Lipinski definition) is 3. The van der Waals surface area contributed by atoms with Gasteiger partial charge in [0.25, 0.3) is 0 Å². The van der Waals surface area contributed by atoms with Crippen LogP contribution >= 0.6 is 0 Å². The van der Waals surface area contributed by atoms with Gasteiger partial charge in [-0.05, 0) is 74.2 Å². The first-order chi connectivity index (χ1) is 19.8. The first-order valence-electron chi connectivity index (χ1n) is 14.5. The van der Waals surface area contributed by atoms with Gasteiger partial charge in [-0.15, -0.1) is 0 Å². The molecule has 3 amide bonds. The van der Waals surface area contributed by atoms with Crippen LogP contribution in [-0.2, 0) is 11.3 Å². The Balaban J connectivity index is 1.36. The summed E-state index contributed by atoms with van der Waals surface area (Å²) in [5, 5.41) is 7.34. The van der Waals surface area contributed by atoms with Crippen LogP contribution in [0.1, 0.15) is 53.9 Å². The lowest BCUT2D eigenvalue weighted by Crippen LogP contribution is -2.53. The number of likely N-dealkylation sites (tertiary alicyclic amines) is 1. The van der Waals surface area contributed by atoms with Crippen LogP contribution in [0.4, 0.5) is 10.5 Å². The molecular weight excluding hydrogens is 510 g/mol. The molecule has 3 aromatic carbocycles. The second-order valence-corrected chi connectivity index (χ2v) is 11.6. The number of carbonyl (C=O) groups is 2. The lowest BCUT2D eigenvalue weighted by atomic mass is 9.89. The summed E-state index contributed by atoms with van der Waals surface area (Å²) in [5.41, 5.74) is 6.20. The first kappa shape index (κ1) is 28.4. The van der Waals surface area contributed by atoms with Crippen LogP contribution in [0.2, 0.25) is 0 Å². The summed E-state index contributed by atoms with van der Waals surface area (Å²) >= 11 is 0. The first-order valence-corrected chi connectivity index (χ1v) is 14.5. The van der Waals surface area contributed by atoms with E-state index in [1.54, 1.807) is 0 Å². The number of aromatic amines is 1. The summed E-state index contributed by atoms with van der Waals surface area (Å²) in [4.78, 5) is 34.8. The molecule has 1 aliphatic rings. The van der Waals surface area contributed by atoms with E-state index in [9.17, 15) is 9.59 Å². The third-order valence-corrected chi connectivity index (χ3v) is 8.29. The Morgan fingerprint density at radius 3 is 2.44 bits per heavy atom. The lowest BCUT2D eigenvalue weighted by molar-refractivity contribution is -0.118. The van der Waals surface area contributed by atoms with Gasteiger partial charge >= 0.3 is 6.03 Å². The zero-order chi connectivity index (χ0) is 28.9. The monoisotopic (exact) mass is 551 g/mol. The second kappa shape index (κ2) is 12.6. The van der Waals surface area contributed by atoms with Gasteiger partial charge in [0.2, 0.25) is 5.91 Å². The summed E-state index contributed by atoms with van der Waals surface area (Å²) in [6.45, 7) is 6.09. The largest absolute Gasteiger partial charge is 0.361 e. The number of para-hydroxylation sites is 1. The van der Waals surface area contributed by atoms with Gasteiger partial charge in [0.15, 0.2) is 0 Å². The van der Waals surface area contributed by atoms with Gasteiger partial charge in [0.1, 0.15) is 6.04 Å². The van der Waals surface area contributed by atoms with E-state index in [-0.39, 0.29) is 17.9 Å². The molecule has 0 unspecified atom stereocenters. The molecule has 0 bridgehead atoms. The molecule has 3 N–H and O–H groups in total. The van der Waals surface area contributed by atoms with E-state index < -0.39 is 6.04 Å². The van der Waals surface area contributed by atoms with Crippen molar-refractivity contribution in [3.05, 3.63) is 101 Å². The Hall–Kier alpha value is -4.10. The zero-order valence-corrected chi connectivity index (χ0v) is 24.5. The topological polar surface area (TPSA) is 80.5 Å². The van der Waals surface area contributed by atoms with Crippen LogP contribution in [0.25, 0.3) is 10.9 Å². The van der Waals surface area contributed by atoms with Crippen molar-refractivity contribution in [3.63, 3.8) is 0 Å². The van der Waals surface area contributed by atoms with Crippen molar-refractivity contribution >= 4 is 28.5 Å². The highest BCUT2D eigenvalue weighted by Crippen LogP contribution is 2.30. The van der Waals surface area contributed by atoms with Gasteiger partial charge in [-0.3, -0.25) is 4.79 Å². The molecule has 7 heteroatoms. The molecule has 1 aromatic heterocycles. The van der Waals surface area contributed by atoms with Crippen LogP contribution in [-0.4, -0.2) is 59.9 Å². The number of carbonyl (C=O) groups excluding carboxylic acids is 2. The third-order valence-electron chi connectivity index (χ3n) is 8.29. The van der Waals surface area contributed by atoms with Gasteiger partial charge in [-0.25, -0.2) is 4.79 Å². The van der Waals surface area contributed by atoms with Gasteiger partial charge in [0, 0.05) is 48.3 Å². The molecule has 2 atom stereocenters. The van der Waals surface area contributed by atoms with E-state index in [4.69, 9.17) is 0 Å². The van der Waals surface area contributed by atoms with E-state index in [1.165, 1.54) is 5.56 Å². The Bertz CT molecular complexity index is 1490. The van der Waals surface area contributed by atoms with Crippen LogP contribution in [0.5, 0.6) is 0 Å². The Morgan fingerprint density at radius 1 is 1.00 bits per heavy atom. The number of hydrogen-bond donors (Lipinski definition) is 3. The molecule has 1 aliphatic heterocycles. The van der Waals surface area contributed by atoms with Crippen molar-refractivity contribution < 1.29 is 9.59 Å². The number of aromatic nitrogens is 1. The molecule has 0 radical (unpaired) electrons. The van der Waals surface area contributed by atoms with Crippen molar-refractivity contribution in [2.24, 2.45) is 0 Å². The van der Waals surface area contributed by atoms with Crippen molar-refractivity contribution in [2.45, 2.75) is 51.1 Å². The molecular formula is C34H41N5O2. The average molecular weight is 552 g/mol. The number of anilines is 1. The Morgan fingerprint density at radius 2 is 1.71 bits per heavy atom. The van der Waals surface area contributed by atoms with E-state index in [0.717, 1.165) is 52.7 Å². The zero-order valence-electron chi connectivity index (χ0n) is 24.5. The molecule has 0 saturated carbocycles. The minimum Gasteiger partial charge on any atom is -0.361 e. The number of amides is 3. The molecule has 1 fully saturated rings. The third kappa shape index (κ3) is 6.63. The average Bonchev–Trinajstić information content (AvgIpc) is 3.42. The number of piperidine rings is 1. The number of benzene rings is 3. The van der Waals surface area contributed by atoms with Crippen LogP contribution in [0.15, 0.2) is 79.0 Å². The molecule has 5 rings (SSSR count). The molecule has 214 valence electrons. The number of nitrogens with one attached hydrogen (secondary N) is 3. The molecule has 0 aliphatic carbocycles. The van der Waals surface area contributed by atoms with Crippen molar-refractivity contribution in [1.82, 2.24) is 20.1 Å².